The molecule has 13 heteroatoms. The molecule has 1 aliphatic heterocycles. The Balaban J connectivity index is 1.45. The molecule has 2 atom stereocenters. The third-order valence-electron chi connectivity index (χ3n) is 6.95. The number of fused-ring (bicyclic) bond motifs is 1. The Hall–Kier alpha value is -3.55. The Morgan fingerprint density at radius 3 is 2.54 bits per heavy atom. The number of anilines is 1. The van der Waals surface area contributed by atoms with E-state index in [1.165, 1.54) is 7.11 Å². The molecule has 4 aromatic rings. The Labute approximate surface area is 227 Å². The molecular weight excluding hydrogens is 520 g/mol. The number of H-pyrrole nitrogens is 1. The van der Waals surface area contributed by atoms with Gasteiger partial charge in [0.25, 0.3) is 0 Å². The van der Waals surface area contributed by atoms with Crippen molar-refractivity contribution in [3.05, 3.63) is 36.5 Å². The molecule has 0 bridgehead atoms. The minimum atomic E-state index is -3.54. The molecule has 2 N–H and O–H groups in total. The zero-order valence-corrected chi connectivity index (χ0v) is 23.8. The summed E-state index contributed by atoms with van der Waals surface area (Å²) in [5.41, 5.74) is 3.16. The molecular formula is C26H34N8O4S. The van der Waals surface area contributed by atoms with Crippen LogP contribution in [0.1, 0.15) is 33.6 Å². The van der Waals surface area contributed by atoms with Crippen LogP contribution in [0, 0.1) is 0 Å². The molecule has 0 aliphatic carbocycles. The highest BCUT2D eigenvalue weighted by Crippen LogP contribution is 2.35. The Morgan fingerprint density at radius 2 is 1.87 bits per heavy atom. The van der Waals surface area contributed by atoms with E-state index in [1.54, 1.807) is 18.5 Å². The Morgan fingerprint density at radius 1 is 1.13 bits per heavy atom. The van der Waals surface area contributed by atoms with Crippen molar-refractivity contribution in [1.29, 1.82) is 0 Å². The van der Waals surface area contributed by atoms with E-state index in [0.29, 0.717) is 42.0 Å². The fourth-order valence-electron chi connectivity index (χ4n) is 5.65. The van der Waals surface area contributed by atoms with E-state index in [-0.39, 0.29) is 11.6 Å². The summed E-state index contributed by atoms with van der Waals surface area (Å²) in [5.74, 6) is 1.11. The molecule has 1 fully saturated rings. The van der Waals surface area contributed by atoms with Gasteiger partial charge in [0.2, 0.25) is 27.7 Å². The normalized spacial score (nSPS) is 19.2. The van der Waals surface area contributed by atoms with E-state index < -0.39 is 10.0 Å². The quantitative estimate of drug-likeness (QED) is 0.333. The molecule has 2 unspecified atom stereocenters. The van der Waals surface area contributed by atoms with Gasteiger partial charge in [-0.3, -0.25) is 19.6 Å². The maximum atomic E-state index is 11.9. The van der Waals surface area contributed by atoms with Crippen LogP contribution in [0.15, 0.2) is 35.0 Å². The highest BCUT2D eigenvalue weighted by molar-refractivity contribution is 7.92. The SMILES string of the molecule is COc1ncc(-c2cc(-c3nnc(CN4CC(C)N(C(C)C)C(C)C4)o3)c3cn[nH]c3c2)cc1NS(C)(=O)=O. The predicted octanol–water partition coefficient (Wildman–Crippen LogP) is 3.36. The van der Waals surface area contributed by atoms with Crippen molar-refractivity contribution in [3.63, 3.8) is 0 Å². The Kier molecular flexibility index (Phi) is 7.31. The number of sulfonamides is 1. The number of benzene rings is 1. The van der Waals surface area contributed by atoms with Crippen molar-refractivity contribution in [2.45, 2.75) is 52.4 Å². The van der Waals surface area contributed by atoms with E-state index >= 15 is 0 Å². The molecule has 0 amide bonds. The summed E-state index contributed by atoms with van der Waals surface area (Å²) in [6, 6.07) is 6.85. The van der Waals surface area contributed by atoms with Gasteiger partial charge in [0.1, 0.15) is 5.69 Å². The van der Waals surface area contributed by atoms with Crippen LogP contribution in [-0.2, 0) is 16.6 Å². The first-order valence-electron chi connectivity index (χ1n) is 12.8. The molecule has 1 aliphatic rings. The summed E-state index contributed by atoms with van der Waals surface area (Å²) in [7, 11) is -2.10. The van der Waals surface area contributed by atoms with Crippen molar-refractivity contribution in [1.82, 2.24) is 35.2 Å². The van der Waals surface area contributed by atoms with Gasteiger partial charge in [-0.2, -0.15) is 5.10 Å². The van der Waals surface area contributed by atoms with Crippen LogP contribution >= 0.6 is 0 Å². The molecule has 5 rings (SSSR count). The van der Waals surface area contributed by atoms with Gasteiger partial charge in [-0.15, -0.1) is 10.2 Å². The van der Waals surface area contributed by atoms with Gasteiger partial charge in [-0.1, -0.05) is 0 Å². The molecule has 39 heavy (non-hydrogen) atoms. The third-order valence-corrected chi connectivity index (χ3v) is 7.54. The fraction of sp³-hybridized carbons (Fsp3) is 0.462. The van der Waals surface area contributed by atoms with Crippen molar-refractivity contribution in [3.8, 4) is 28.5 Å². The van der Waals surface area contributed by atoms with E-state index in [0.717, 1.165) is 41.4 Å². The number of nitrogens with zero attached hydrogens (tertiary/aromatic N) is 6. The average molecular weight is 555 g/mol. The first-order valence-corrected chi connectivity index (χ1v) is 14.7. The van der Waals surface area contributed by atoms with Crippen molar-refractivity contribution in [2.24, 2.45) is 0 Å². The number of hydrogen-bond donors (Lipinski definition) is 2. The van der Waals surface area contributed by atoms with Gasteiger partial charge in [-0.25, -0.2) is 13.4 Å². The maximum absolute atomic E-state index is 11.9. The first kappa shape index (κ1) is 27.0. The first-order chi connectivity index (χ1) is 18.5. The monoisotopic (exact) mass is 554 g/mol. The minimum Gasteiger partial charge on any atom is -0.480 e. The highest BCUT2D eigenvalue weighted by atomic mass is 32.2. The summed E-state index contributed by atoms with van der Waals surface area (Å²) in [6.45, 7) is 11.4. The largest absolute Gasteiger partial charge is 0.480 e. The van der Waals surface area contributed by atoms with Crippen LogP contribution in [0.5, 0.6) is 5.88 Å². The van der Waals surface area contributed by atoms with Crippen LogP contribution < -0.4 is 9.46 Å². The summed E-state index contributed by atoms with van der Waals surface area (Å²) < 4.78 is 37.6. The lowest BCUT2D eigenvalue weighted by molar-refractivity contribution is 0.0102. The van der Waals surface area contributed by atoms with Gasteiger partial charge in [0.05, 0.1) is 37.2 Å². The number of pyridine rings is 1. The third kappa shape index (κ3) is 5.75. The van der Waals surface area contributed by atoms with Gasteiger partial charge in [-0.05, 0) is 51.5 Å². The molecule has 1 aromatic carbocycles. The molecule has 4 heterocycles. The number of piperazine rings is 1. The summed E-state index contributed by atoms with van der Waals surface area (Å²) >= 11 is 0. The number of hydrogen-bond acceptors (Lipinski definition) is 10. The number of rotatable bonds is 8. The lowest BCUT2D eigenvalue weighted by Crippen LogP contribution is -2.58. The number of aromatic nitrogens is 5. The van der Waals surface area contributed by atoms with Gasteiger partial charge in [0, 0.05) is 48.4 Å². The Bertz CT molecular complexity index is 1570. The second-order valence-electron chi connectivity index (χ2n) is 10.4. The van der Waals surface area contributed by atoms with Gasteiger partial charge in [0.15, 0.2) is 0 Å². The maximum Gasteiger partial charge on any atom is 0.248 e. The van der Waals surface area contributed by atoms with E-state index in [1.807, 2.05) is 12.1 Å². The smallest absolute Gasteiger partial charge is 0.248 e. The average Bonchev–Trinajstić information content (AvgIpc) is 3.51. The number of ether oxygens (including phenoxy) is 1. The zero-order valence-electron chi connectivity index (χ0n) is 23.0. The van der Waals surface area contributed by atoms with E-state index in [4.69, 9.17) is 9.15 Å². The van der Waals surface area contributed by atoms with Crippen LogP contribution in [0.4, 0.5) is 5.69 Å². The molecule has 12 nitrogen and oxygen atoms in total. The van der Waals surface area contributed by atoms with Gasteiger partial charge < -0.3 is 9.15 Å². The molecule has 0 radical (unpaired) electrons. The van der Waals surface area contributed by atoms with Crippen LogP contribution in [0.3, 0.4) is 0 Å². The number of nitrogens with one attached hydrogen (secondary N) is 2. The topological polar surface area (TPSA) is 142 Å². The summed E-state index contributed by atoms with van der Waals surface area (Å²) in [6.07, 6.45) is 4.41. The molecule has 208 valence electrons. The van der Waals surface area contributed by atoms with Gasteiger partial charge >= 0.3 is 0 Å². The lowest BCUT2D eigenvalue weighted by Gasteiger charge is -2.46. The summed E-state index contributed by atoms with van der Waals surface area (Å²) in [4.78, 5) is 9.19. The molecule has 0 spiro atoms. The van der Waals surface area contributed by atoms with Crippen molar-refractivity contribution < 1.29 is 17.6 Å². The highest BCUT2D eigenvalue weighted by Gasteiger charge is 2.31. The summed E-state index contributed by atoms with van der Waals surface area (Å²) in [5, 5.41) is 16.8. The van der Waals surface area contributed by atoms with Crippen molar-refractivity contribution in [2.75, 3.05) is 31.2 Å². The second-order valence-corrected chi connectivity index (χ2v) is 12.2. The molecule has 3 aromatic heterocycles. The van der Waals surface area contributed by atoms with E-state index in [2.05, 4.69) is 67.6 Å². The minimum absolute atomic E-state index is 0.173. The number of methoxy groups -OCH3 is 1. The molecule has 0 saturated carbocycles. The van der Waals surface area contributed by atoms with Crippen LogP contribution in [0.25, 0.3) is 33.5 Å². The fourth-order valence-corrected chi connectivity index (χ4v) is 6.20. The number of aromatic amines is 1. The van der Waals surface area contributed by atoms with E-state index in [9.17, 15) is 8.42 Å². The van der Waals surface area contributed by atoms with Crippen LogP contribution in [0.2, 0.25) is 0 Å². The predicted molar refractivity (Wildman–Crippen MR) is 149 cm³/mol. The molecule has 1 saturated heterocycles. The standard InChI is InChI=1S/C26H34N8O4S/c1-15(2)34-16(3)12-33(13-17(34)4)14-24-30-31-25(38-24)20-7-18(8-22-21(20)11-28-29-22)19-9-23(32-39(6,35)36)26(37-5)27-10-19/h7-11,15-17,32H,12-14H2,1-6H3,(H,28,29). The lowest BCUT2D eigenvalue weighted by atomic mass is 10.0. The van der Waals surface area contributed by atoms with Crippen molar-refractivity contribution >= 4 is 26.6 Å². The van der Waals surface area contributed by atoms with Crippen LogP contribution in [-0.4, -0.2) is 88.2 Å². The second kappa shape index (κ2) is 10.5. The zero-order chi connectivity index (χ0) is 27.9.